The first-order valence-corrected chi connectivity index (χ1v) is 12.0. The molecule has 1 atom stereocenters. The van der Waals surface area contributed by atoms with Gasteiger partial charge in [0.05, 0.1) is 32.1 Å². The number of benzene rings is 1. The van der Waals surface area contributed by atoms with E-state index in [1.54, 1.807) is 17.8 Å². The standard InChI is InChI=1S/C25H30N8O3/c1-17(2)21-15-31(10-11-36-13-12-35-3)25(34)33(21)22-8-9-32-24(29-22)20(14-28-32)18-4-6-19(7-5-18)23-26-16-27-30-23/h4-9,14,16-17,21H,10-13,15H2,1-3H3,(H,26,27,30). The van der Waals surface area contributed by atoms with Crippen molar-refractivity contribution in [2.24, 2.45) is 5.92 Å². The van der Waals surface area contributed by atoms with Crippen molar-refractivity contribution in [3.8, 4) is 22.5 Å². The van der Waals surface area contributed by atoms with E-state index in [1.807, 2.05) is 46.3 Å². The number of aromatic nitrogens is 6. The van der Waals surface area contributed by atoms with Crippen LogP contribution in [0.15, 0.2) is 49.1 Å². The van der Waals surface area contributed by atoms with Gasteiger partial charge in [0.15, 0.2) is 11.5 Å². The van der Waals surface area contributed by atoms with Gasteiger partial charge in [0.1, 0.15) is 12.1 Å². The summed E-state index contributed by atoms with van der Waals surface area (Å²) in [7, 11) is 1.64. The Balaban J connectivity index is 1.40. The molecule has 4 heterocycles. The molecule has 36 heavy (non-hydrogen) atoms. The minimum atomic E-state index is -0.0571. The number of hydrogen-bond acceptors (Lipinski definition) is 7. The van der Waals surface area contributed by atoms with E-state index >= 15 is 0 Å². The Morgan fingerprint density at radius 1 is 1.11 bits per heavy atom. The number of nitrogens with zero attached hydrogens (tertiary/aromatic N) is 7. The molecule has 5 rings (SSSR count). The number of ether oxygens (including phenoxy) is 2. The van der Waals surface area contributed by atoms with E-state index in [4.69, 9.17) is 14.5 Å². The minimum Gasteiger partial charge on any atom is -0.382 e. The van der Waals surface area contributed by atoms with Crippen molar-refractivity contribution in [1.29, 1.82) is 0 Å². The summed E-state index contributed by atoms with van der Waals surface area (Å²) in [6, 6.07) is 9.78. The third kappa shape index (κ3) is 4.67. The van der Waals surface area contributed by atoms with E-state index in [0.717, 1.165) is 16.7 Å². The minimum absolute atomic E-state index is 0.0129. The van der Waals surface area contributed by atoms with Gasteiger partial charge in [-0.1, -0.05) is 38.1 Å². The lowest BCUT2D eigenvalue weighted by molar-refractivity contribution is 0.0630. The lowest BCUT2D eigenvalue weighted by Gasteiger charge is -2.25. The number of carbonyl (C=O) groups is 1. The number of fused-ring (bicyclic) bond motifs is 1. The summed E-state index contributed by atoms with van der Waals surface area (Å²) in [4.78, 5) is 26.2. The SMILES string of the molecule is COCCOCCN1CC(C(C)C)N(c2ccn3ncc(-c4ccc(-c5ncn[nH]5)cc4)c3n2)C1=O. The van der Waals surface area contributed by atoms with E-state index in [-0.39, 0.29) is 18.0 Å². The molecule has 4 aromatic rings. The number of urea groups is 1. The van der Waals surface area contributed by atoms with Crippen LogP contribution in [0.5, 0.6) is 0 Å². The van der Waals surface area contributed by atoms with Crippen molar-refractivity contribution in [3.05, 3.63) is 49.1 Å². The van der Waals surface area contributed by atoms with Crippen molar-refractivity contribution >= 4 is 17.5 Å². The molecule has 1 aliphatic rings. The second kappa shape index (κ2) is 10.4. The predicted molar refractivity (Wildman–Crippen MR) is 135 cm³/mol. The Labute approximate surface area is 209 Å². The molecule has 11 heteroatoms. The zero-order valence-corrected chi connectivity index (χ0v) is 20.7. The maximum absolute atomic E-state index is 13.4. The van der Waals surface area contributed by atoms with Crippen LogP contribution in [0.1, 0.15) is 13.8 Å². The van der Waals surface area contributed by atoms with Gasteiger partial charge in [-0.25, -0.2) is 19.3 Å². The smallest absolute Gasteiger partial charge is 0.326 e. The fourth-order valence-corrected chi connectivity index (χ4v) is 4.41. The molecular formula is C25H30N8O3. The molecular weight excluding hydrogens is 460 g/mol. The molecule has 11 nitrogen and oxygen atoms in total. The van der Waals surface area contributed by atoms with Crippen LogP contribution in [0.25, 0.3) is 28.2 Å². The van der Waals surface area contributed by atoms with Crippen LogP contribution >= 0.6 is 0 Å². The molecule has 188 valence electrons. The summed E-state index contributed by atoms with van der Waals surface area (Å²) in [5.41, 5.74) is 3.49. The second-order valence-electron chi connectivity index (χ2n) is 9.04. The Bertz CT molecular complexity index is 1300. The van der Waals surface area contributed by atoms with Crippen molar-refractivity contribution in [1.82, 2.24) is 34.7 Å². The Morgan fingerprint density at radius 2 is 1.92 bits per heavy atom. The number of rotatable bonds is 10. The van der Waals surface area contributed by atoms with Crippen molar-refractivity contribution < 1.29 is 14.3 Å². The first-order valence-electron chi connectivity index (χ1n) is 12.0. The van der Waals surface area contributed by atoms with E-state index < -0.39 is 0 Å². The molecule has 0 aliphatic carbocycles. The van der Waals surface area contributed by atoms with Crippen molar-refractivity contribution in [3.63, 3.8) is 0 Å². The first kappa shape index (κ1) is 23.9. The molecule has 1 saturated heterocycles. The molecule has 0 spiro atoms. The number of hydrogen-bond donors (Lipinski definition) is 1. The lowest BCUT2D eigenvalue weighted by Crippen LogP contribution is -2.38. The molecule has 1 aliphatic heterocycles. The molecule has 3 aromatic heterocycles. The van der Waals surface area contributed by atoms with Crippen LogP contribution in [0.4, 0.5) is 10.6 Å². The molecule has 0 saturated carbocycles. The van der Waals surface area contributed by atoms with Gasteiger partial charge in [0, 0.05) is 37.5 Å². The van der Waals surface area contributed by atoms with Crippen LogP contribution in [-0.4, -0.2) is 86.8 Å². The number of carbonyl (C=O) groups excluding carboxylic acids is 1. The summed E-state index contributed by atoms with van der Waals surface area (Å²) in [5, 5.41) is 11.3. The van der Waals surface area contributed by atoms with Crippen LogP contribution in [0, 0.1) is 5.92 Å². The van der Waals surface area contributed by atoms with Crippen LogP contribution in [0.2, 0.25) is 0 Å². The average molecular weight is 491 g/mol. The molecule has 1 aromatic carbocycles. The summed E-state index contributed by atoms with van der Waals surface area (Å²) < 4.78 is 12.3. The number of methoxy groups -OCH3 is 1. The van der Waals surface area contributed by atoms with E-state index in [2.05, 4.69) is 34.1 Å². The van der Waals surface area contributed by atoms with Gasteiger partial charge in [0.2, 0.25) is 0 Å². The van der Waals surface area contributed by atoms with E-state index in [0.29, 0.717) is 50.2 Å². The maximum atomic E-state index is 13.4. The number of aromatic amines is 1. The van der Waals surface area contributed by atoms with Gasteiger partial charge in [-0.05, 0) is 17.5 Å². The molecule has 2 amide bonds. The van der Waals surface area contributed by atoms with Gasteiger partial charge >= 0.3 is 6.03 Å². The fourth-order valence-electron chi connectivity index (χ4n) is 4.41. The van der Waals surface area contributed by atoms with Crippen LogP contribution < -0.4 is 4.90 Å². The van der Waals surface area contributed by atoms with Gasteiger partial charge in [-0.15, -0.1) is 0 Å². The summed E-state index contributed by atoms with van der Waals surface area (Å²) >= 11 is 0. The highest BCUT2D eigenvalue weighted by molar-refractivity contribution is 5.94. The molecule has 1 N–H and O–H groups in total. The number of nitrogens with one attached hydrogen (secondary N) is 1. The Kier molecular flexibility index (Phi) is 6.92. The highest BCUT2D eigenvalue weighted by Crippen LogP contribution is 2.30. The van der Waals surface area contributed by atoms with Crippen LogP contribution in [0.3, 0.4) is 0 Å². The summed E-state index contributed by atoms with van der Waals surface area (Å²) in [5.74, 6) is 1.59. The zero-order valence-electron chi connectivity index (χ0n) is 20.7. The summed E-state index contributed by atoms with van der Waals surface area (Å²) in [6.45, 7) is 6.93. The quantitative estimate of drug-likeness (QED) is 0.340. The molecule has 0 radical (unpaired) electrons. The largest absolute Gasteiger partial charge is 0.382 e. The highest BCUT2D eigenvalue weighted by atomic mass is 16.5. The Morgan fingerprint density at radius 3 is 2.64 bits per heavy atom. The Hall–Kier alpha value is -3.83. The third-order valence-electron chi connectivity index (χ3n) is 6.41. The number of H-pyrrole nitrogens is 1. The normalized spacial score (nSPS) is 16.1. The second-order valence-corrected chi connectivity index (χ2v) is 9.04. The molecule has 0 bridgehead atoms. The predicted octanol–water partition coefficient (Wildman–Crippen LogP) is 3.11. The first-order chi connectivity index (χ1) is 17.6. The van der Waals surface area contributed by atoms with E-state index in [1.165, 1.54) is 6.33 Å². The molecule has 1 fully saturated rings. The van der Waals surface area contributed by atoms with Gasteiger partial charge in [0.25, 0.3) is 0 Å². The lowest BCUT2D eigenvalue weighted by atomic mass is 10.0. The van der Waals surface area contributed by atoms with Gasteiger partial charge < -0.3 is 14.4 Å². The maximum Gasteiger partial charge on any atom is 0.326 e. The van der Waals surface area contributed by atoms with Crippen molar-refractivity contribution in [2.75, 3.05) is 44.9 Å². The monoisotopic (exact) mass is 490 g/mol. The zero-order chi connectivity index (χ0) is 25.1. The van der Waals surface area contributed by atoms with E-state index in [9.17, 15) is 4.79 Å². The van der Waals surface area contributed by atoms with Gasteiger partial charge in [-0.3, -0.25) is 10.00 Å². The fraction of sp³-hybridized carbons (Fsp3) is 0.400. The third-order valence-corrected chi connectivity index (χ3v) is 6.41. The topological polar surface area (TPSA) is 114 Å². The van der Waals surface area contributed by atoms with Gasteiger partial charge in [-0.2, -0.15) is 10.2 Å². The number of amides is 2. The average Bonchev–Trinajstić information content (AvgIpc) is 3.63. The number of anilines is 1. The summed E-state index contributed by atoms with van der Waals surface area (Å²) in [6.07, 6.45) is 5.13. The molecule has 1 unspecified atom stereocenters. The van der Waals surface area contributed by atoms with Crippen molar-refractivity contribution in [2.45, 2.75) is 19.9 Å². The highest BCUT2D eigenvalue weighted by Gasteiger charge is 2.40. The van der Waals surface area contributed by atoms with Crippen LogP contribution in [-0.2, 0) is 9.47 Å².